The topological polar surface area (TPSA) is 49.4 Å². The zero-order valence-electron chi connectivity index (χ0n) is 7.11. The van der Waals surface area contributed by atoms with Crippen LogP contribution in [0.2, 0.25) is 0 Å². The van der Waals surface area contributed by atoms with Crippen LogP contribution in [0.15, 0.2) is 30.3 Å². The highest BCUT2D eigenvalue weighted by Crippen LogP contribution is 2.20. The molecule has 5 heteroatoms. The van der Waals surface area contributed by atoms with E-state index in [9.17, 15) is 9.59 Å². The zero-order chi connectivity index (χ0) is 10.1. The van der Waals surface area contributed by atoms with Gasteiger partial charge in [-0.25, -0.2) is 0 Å². The molecule has 1 aromatic carbocycles. The second-order valence-corrected chi connectivity index (χ2v) is 3.23. The van der Waals surface area contributed by atoms with Crippen LogP contribution in [0.5, 0.6) is 0 Å². The van der Waals surface area contributed by atoms with Crippen molar-refractivity contribution in [3.05, 3.63) is 30.3 Å². The first-order valence-corrected chi connectivity index (χ1v) is 4.47. The van der Waals surface area contributed by atoms with E-state index in [4.69, 9.17) is 11.6 Å². The third-order valence-corrected chi connectivity index (χ3v) is 2.23. The second-order valence-electron chi connectivity index (χ2n) is 2.82. The Bertz CT molecular complexity index is 380. The Morgan fingerprint density at radius 1 is 1.21 bits per heavy atom. The monoisotopic (exact) mass is 210 g/mol. The third kappa shape index (κ3) is 1.33. The van der Waals surface area contributed by atoms with E-state index < -0.39 is 17.4 Å². The van der Waals surface area contributed by atoms with Crippen LogP contribution in [0.4, 0.5) is 5.69 Å². The highest BCUT2D eigenvalue weighted by Gasteiger charge is 2.37. The fourth-order valence-electron chi connectivity index (χ4n) is 1.28. The zero-order valence-corrected chi connectivity index (χ0v) is 7.86. The number of carbonyl (C=O) groups excluding carboxylic acids is 2. The van der Waals surface area contributed by atoms with E-state index in [2.05, 4.69) is 5.32 Å². The molecule has 72 valence electrons. The summed E-state index contributed by atoms with van der Waals surface area (Å²) in [4.78, 5) is 23.5. The smallest absolute Gasteiger partial charge is 0.314 e. The number of para-hydroxylation sites is 1. The predicted octanol–water partition coefficient (Wildman–Crippen LogP) is 0.672. The predicted molar refractivity (Wildman–Crippen MR) is 51.7 cm³/mol. The number of hydrogen-bond donors (Lipinski definition) is 1. The van der Waals surface area contributed by atoms with Crippen LogP contribution in [0.3, 0.4) is 0 Å². The van der Waals surface area contributed by atoms with Crippen molar-refractivity contribution < 1.29 is 9.59 Å². The molecular formula is C9H7ClN2O2. The molecule has 0 aromatic heterocycles. The van der Waals surface area contributed by atoms with Crippen molar-refractivity contribution in [2.45, 2.75) is 5.62 Å². The summed E-state index contributed by atoms with van der Waals surface area (Å²) in [5.74, 6) is -1.30. The highest BCUT2D eigenvalue weighted by atomic mass is 35.5. The lowest BCUT2D eigenvalue weighted by Gasteiger charge is -2.17. The van der Waals surface area contributed by atoms with Gasteiger partial charge in [0, 0.05) is 5.69 Å². The number of alkyl halides is 1. The molecule has 1 aliphatic heterocycles. The maximum Gasteiger partial charge on any atom is 0.319 e. The highest BCUT2D eigenvalue weighted by molar-refractivity contribution is 6.47. The summed E-state index contributed by atoms with van der Waals surface area (Å²) in [5.41, 5.74) is -0.187. The summed E-state index contributed by atoms with van der Waals surface area (Å²) in [6.07, 6.45) is 0. The fourth-order valence-corrected chi connectivity index (χ4v) is 1.58. The number of rotatable bonds is 1. The van der Waals surface area contributed by atoms with E-state index >= 15 is 0 Å². The Morgan fingerprint density at radius 2 is 1.86 bits per heavy atom. The number of anilines is 1. The molecular weight excluding hydrogens is 204 g/mol. The first kappa shape index (κ1) is 9.02. The van der Waals surface area contributed by atoms with Crippen LogP contribution >= 0.6 is 11.6 Å². The average molecular weight is 211 g/mol. The van der Waals surface area contributed by atoms with Crippen molar-refractivity contribution in [1.82, 2.24) is 5.32 Å². The third-order valence-electron chi connectivity index (χ3n) is 1.92. The summed E-state index contributed by atoms with van der Waals surface area (Å²) in [6.45, 7) is 0. The lowest BCUT2D eigenvalue weighted by molar-refractivity contribution is -0.134. The van der Waals surface area contributed by atoms with Crippen LogP contribution in [-0.4, -0.2) is 17.4 Å². The summed E-state index contributed by atoms with van der Waals surface area (Å²) < 4.78 is 0. The van der Waals surface area contributed by atoms with E-state index in [0.717, 1.165) is 0 Å². The minimum absolute atomic E-state index is 0.607. The minimum Gasteiger partial charge on any atom is -0.314 e. The van der Waals surface area contributed by atoms with Gasteiger partial charge >= 0.3 is 11.8 Å². The maximum atomic E-state index is 11.3. The Morgan fingerprint density at radius 3 is 2.36 bits per heavy atom. The van der Waals surface area contributed by atoms with Crippen LogP contribution in [0.1, 0.15) is 0 Å². The van der Waals surface area contributed by atoms with Gasteiger partial charge in [0.1, 0.15) is 0 Å². The van der Waals surface area contributed by atoms with Crippen molar-refractivity contribution in [2.24, 2.45) is 0 Å². The molecule has 1 saturated heterocycles. The molecule has 0 aliphatic carbocycles. The Balaban J connectivity index is 2.36. The van der Waals surface area contributed by atoms with Gasteiger partial charge in [0.2, 0.25) is 0 Å². The van der Waals surface area contributed by atoms with Gasteiger partial charge in [-0.2, -0.15) is 0 Å². The van der Waals surface area contributed by atoms with Crippen LogP contribution in [0.25, 0.3) is 0 Å². The molecule has 1 heterocycles. The molecule has 0 bridgehead atoms. The molecule has 2 amide bonds. The van der Waals surface area contributed by atoms with E-state index in [1.54, 1.807) is 24.3 Å². The molecule has 14 heavy (non-hydrogen) atoms. The molecule has 1 aliphatic rings. The van der Waals surface area contributed by atoms with Crippen molar-refractivity contribution in [1.29, 1.82) is 0 Å². The van der Waals surface area contributed by atoms with Gasteiger partial charge < -0.3 is 5.32 Å². The molecule has 1 N–H and O–H groups in total. The largest absolute Gasteiger partial charge is 0.319 e. The number of hydrogen-bond acceptors (Lipinski definition) is 2. The van der Waals surface area contributed by atoms with Crippen LogP contribution < -0.4 is 10.2 Å². The van der Waals surface area contributed by atoms with Gasteiger partial charge in [0.15, 0.2) is 5.62 Å². The molecule has 4 nitrogen and oxygen atoms in total. The van der Waals surface area contributed by atoms with Crippen molar-refractivity contribution in [3.8, 4) is 0 Å². The van der Waals surface area contributed by atoms with Crippen molar-refractivity contribution >= 4 is 29.1 Å². The first-order chi connectivity index (χ1) is 6.70. The summed E-state index contributed by atoms with van der Waals surface area (Å²) in [6, 6.07) is 8.80. The lowest BCUT2D eigenvalue weighted by atomic mass is 10.3. The van der Waals surface area contributed by atoms with E-state index in [0.29, 0.717) is 5.69 Å². The Kier molecular flexibility index (Phi) is 2.13. The van der Waals surface area contributed by atoms with Gasteiger partial charge in [-0.15, -0.1) is 0 Å². The number of amides is 2. The Hall–Kier alpha value is -1.55. The van der Waals surface area contributed by atoms with Gasteiger partial charge in [-0.05, 0) is 12.1 Å². The number of halogens is 1. The van der Waals surface area contributed by atoms with Crippen molar-refractivity contribution in [2.75, 3.05) is 4.90 Å². The molecule has 0 saturated carbocycles. The van der Waals surface area contributed by atoms with Crippen LogP contribution in [0, 0.1) is 0 Å². The van der Waals surface area contributed by atoms with E-state index in [1.165, 1.54) is 4.90 Å². The van der Waals surface area contributed by atoms with E-state index in [1.807, 2.05) is 6.07 Å². The number of nitrogens with one attached hydrogen (secondary N) is 1. The fraction of sp³-hybridized carbons (Fsp3) is 0.111. The SMILES string of the molecule is O=C1NC(Cl)N(c2ccccc2)C1=O. The quantitative estimate of drug-likeness (QED) is 0.421. The maximum absolute atomic E-state index is 11.3. The van der Waals surface area contributed by atoms with Crippen LogP contribution in [-0.2, 0) is 9.59 Å². The summed E-state index contributed by atoms with van der Waals surface area (Å²) in [7, 11) is 0. The summed E-state index contributed by atoms with van der Waals surface area (Å²) >= 11 is 5.78. The normalized spacial score (nSPS) is 21.2. The minimum atomic E-state index is -0.794. The first-order valence-electron chi connectivity index (χ1n) is 4.03. The number of carbonyl (C=O) groups is 2. The molecule has 1 unspecified atom stereocenters. The Labute approximate surface area is 85.5 Å². The summed E-state index contributed by atoms with van der Waals surface area (Å²) in [5, 5.41) is 2.32. The molecule has 1 fully saturated rings. The molecule has 1 aromatic rings. The van der Waals surface area contributed by atoms with E-state index in [-0.39, 0.29) is 0 Å². The molecule has 1 atom stereocenters. The average Bonchev–Trinajstić information content (AvgIpc) is 2.43. The van der Waals surface area contributed by atoms with Gasteiger partial charge in [0.05, 0.1) is 0 Å². The van der Waals surface area contributed by atoms with Gasteiger partial charge in [0.25, 0.3) is 0 Å². The molecule has 0 spiro atoms. The second kappa shape index (κ2) is 3.31. The standard InChI is InChI=1S/C9H7ClN2O2/c10-9-11-7(13)8(14)12(9)6-4-2-1-3-5-6/h1-5,9H,(H,11,13). The van der Waals surface area contributed by atoms with Crippen molar-refractivity contribution in [3.63, 3.8) is 0 Å². The lowest BCUT2D eigenvalue weighted by Crippen LogP contribution is -2.32. The number of nitrogens with zero attached hydrogens (tertiary/aromatic N) is 1. The van der Waals surface area contributed by atoms with Gasteiger partial charge in [-0.3, -0.25) is 14.5 Å². The van der Waals surface area contributed by atoms with Gasteiger partial charge in [-0.1, -0.05) is 29.8 Å². The molecule has 2 rings (SSSR count). The number of benzene rings is 1. The molecule has 0 radical (unpaired) electrons.